The molecule has 2 N–H and O–H groups in total. The first-order valence-corrected chi connectivity index (χ1v) is 9.25. The topological polar surface area (TPSA) is 107 Å². The second kappa shape index (κ2) is 8.64. The van der Waals surface area contributed by atoms with Crippen LogP contribution in [0.1, 0.15) is 42.9 Å². The Kier molecular flexibility index (Phi) is 6.01. The van der Waals surface area contributed by atoms with Crippen LogP contribution in [0.2, 0.25) is 0 Å². The summed E-state index contributed by atoms with van der Waals surface area (Å²) in [6.07, 6.45) is 1.38. The van der Waals surface area contributed by atoms with E-state index in [-0.39, 0.29) is 24.0 Å². The van der Waals surface area contributed by atoms with E-state index in [1.54, 1.807) is 37.3 Å². The maximum atomic E-state index is 12.7. The van der Waals surface area contributed by atoms with Gasteiger partial charge in [-0.3, -0.25) is 0 Å². The fourth-order valence-corrected chi connectivity index (χ4v) is 3.04. The van der Waals surface area contributed by atoms with Gasteiger partial charge in [0.15, 0.2) is 0 Å². The van der Waals surface area contributed by atoms with Crippen LogP contribution in [-0.2, 0) is 9.53 Å². The van der Waals surface area contributed by atoms with Crippen molar-refractivity contribution in [3.63, 3.8) is 0 Å². The smallest absolute Gasteiger partial charge is 0.379 e. The second-order valence-electron chi connectivity index (χ2n) is 6.67. The molecule has 29 heavy (non-hydrogen) atoms. The fraction of sp³-hybridized carbons (Fsp3) is 0.286. The number of benzene rings is 1. The van der Waals surface area contributed by atoms with Gasteiger partial charge in [0.1, 0.15) is 5.75 Å². The molecule has 0 saturated carbocycles. The van der Waals surface area contributed by atoms with Gasteiger partial charge in [0, 0.05) is 5.70 Å². The predicted molar refractivity (Wildman–Crippen MR) is 103 cm³/mol. The van der Waals surface area contributed by atoms with Gasteiger partial charge in [-0.1, -0.05) is 26.0 Å². The van der Waals surface area contributed by atoms with Crippen molar-refractivity contribution in [3.8, 4) is 5.75 Å². The monoisotopic (exact) mass is 398 g/mol. The molecule has 2 heterocycles. The highest BCUT2D eigenvalue weighted by molar-refractivity contribution is 5.95. The Morgan fingerprint density at radius 2 is 1.97 bits per heavy atom. The molecular formula is C21H22N2O6. The van der Waals surface area contributed by atoms with Crippen molar-refractivity contribution in [3.05, 3.63) is 65.3 Å². The average molecular weight is 398 g/mol. The maximum absolute atomic E-state index is 12.7. The highest BCUT2D eigenvalue weighted by atomic mass is 16.5. The summed E-state index contributed by atoms with van der Waals surface area (Å²) < 4.78 is 15.6. The van der Waals surface area contributed by atoms with E-state index >= 15 is 0 Å². The zero-order chi connectivity index (χ0) is 21.0. The number of carbonyl (C=O) groups excluding carboxylic acids is 3. The first kappa shape index (κ1) is 20.2. The Morgan fingerprint density at radius 3 is 2.62 bits per heavy atom. The van der Waals surface area contributed by atoms with Gasteiger partial charge >= 0.3 is 18.0 Å². The Labute approximate surface area is 167 Å². The molecule has 1 aliphatic heterocycles. The SMILES string of the molecule is CCOC(=O)C1=C(C(C)C)NC(=O)NC1c1cccc(OC(=O)c2ccco2)c1. The third-order valence-electron chi connectivity index (χ3n) is 4.30. The molecule has 1 aliphatic rings. The summed E-state index contributed by atoms with van der Waals surface area (Å²) in [5, 5.41) is 5.45. The molecule has 0 aliphatic carbocycles. The Balaban J connectivity index is 1.96. The summed E-state index contributed by atoms with van der Waals surface area (Å²) in [5.41, 5.74) is 1.39. The van der Waals surface area contributed by atoms with Crippen molar-refractivity contribution in [2.75, 3.05) is 6.61 Å². The van der Waals surface area contributed by atoms with Crippen molar-refractivity contribution < 1.29 is 28.3 Å². The van der Waals surface area contributed by atoms with Crippen molar-refractivity contribution in [1.29, 1.82) is 0 Å². The average Bonchev–Trinajstić information content (AvgIpc) is 3.22. The number of ether oxygens (including phenoxy) is 2. The van der Waals surface area contributed by atoms with E-state index in [4.69, 9.17) is 13.9 Å². The molecule has 0 fully saturated rings. The van der Waals surface area contributed by atoms with Crippen LogP contribution >= 0.6 is 0 Å². The molecule has 2 amide bonds. The van der Waals surface area contributed by atoms with Gasteiger partial charge in [-0.2, -0.15) is 0 Å². The number of urea groups is 1. The molecule has 8 nitrogen and oxygen atoms in total. The third-order valence-corrected chi connectivity index (χ3v) is 4.30. The number of hydrogen-bond donors (Lipinski definition) is 2. The molecule has 0 bridgehead atoms. The number of furan rings is 1. The van der Waals surface area contributed by atoms with Crippen molar-refractivity contribution in [2.24, 2.45) is 5.92 Å². The summed E-state index contributed by atoms with van der Waals surface area (Å²) in [7, 11) is 0. The lowest BCUT2D eigenvalue weighted by atomic mass is 9.91. The minimum atomic E-state index is -0.748. The van der Waals surface area contributed by atoms with Crippen LogP contribution in [0.4, 0.5) is 4.79 Å². The molecule has 152 valence electrons. The van der Waals surface area contributed by atoms with Gasteiger partial charge in [-0.15, -0.1) is 0 Å². The summed E-state index contributed by atoms with van der Waals surface area (Å²) in [4.78, 5) is 37.0. The van der Waals surface area contributed by atoms with E-state index in [0.717, 1.165) is 0 Å². The molecule has 8 heteroatoms. The fourth-order valence-electron chi connectivity index (χ4n) is 3.04. The predicted octanol–water partition coefficient (Wildman–Crippen LogP) is 3.33. The number of esters is 2. The molecule has 1 unspecified atom stereocenters. The zero-order valence-electron chi connectivity index (χ0n) is 16.4. The van der Waals surface area contributed by atoms with Gasteiger partial charge in [-0.25, -0.2) is 14.4 Å². The molecule has 0 spiro atoms. The van der Waals surface area contributed by atoms with Crippen LogP contribution in [0.3, 0.4) is 0 Å². The highest BCUT2D eigenvalue weighted by Gasteiger charge is 2.34. The summed E-state index contributed by atoms with van der Waals surface area (Å²) in [6.45, 7) is 5.67. The van der Waals surface area contributed by atoms with E-state index in [1.807, 2.05) is 13.8 Å². The van der Waals surface area contributed by atoms with E-state index in [0.29, 0.717) is 16.8 Å². The molecule has 2 aromatic rings. The van der Waals surface area contributed by atoms with Crippen LogP contribution in [0.15, 0.2) is 58.3 Å². The largest absolute Gasteiger partial charge is 0.463 e. The first-order chi connectivity index (χ1) is 13.9. The molecule has 0 saturated heterocycles. The Hall–Kier alpha value is -3.55. The van der Waals surface area contributed by atoms with Gasteiger partial charge in [0.25, 0.3) is 0 Å². The van der Waals surface area contributed by atoms with Crippen LogP contribution < -0.4 is 15.4 Å². The maximum Gasteiger partial charge on any atom is 0.379 e. The van der Waals surface area contributed by atoms with Gasteiger partial charge in [0.2, 0.25) is 5.76 Å². The number of carbonyl (C=O) groups is 3. The lowest BCUT2D eigenvalue weighted by molar-refractivity contribution is -0.139. The van der Waals surface area contributed by atoms with Gasteiger partial charge in [0.05, 0.1) is 24.5 Å². The minimum absolute atomic E-state index is 0.0692. The van der Waals surface area contributed by atoms with Crippen molar-refractivity contribution >= 4 is 18.0 Å². The first-order valence-electron chi connectivity index (χ1n) is 9.25. The summed E-state index contributed by atoms with van der Waals surface area (Å²) in [6, 6.07) is 8.51. The van der Waals surface area contributed by atoms with Crippen molar-refractivity contribution in [1.82, 2.24) is 10.6 Å². The number of hydrogen-bond acceptors (Lipinski definition) is 6. The number of allylic oxidation sites excluding steroid dienone is 1. The highest BCUT2D eigenvalue weighted by Crippen LogP contribution is 2.32. The van der Waals surface area contributed by atoms with Crippen LogP contribution in [0.25, 0.3) is 0 Å². The normalized spacial score (nSPS) is 16.3. The van der Waals surface area contributed by atoms with E-state index in [9.17, 15) is 14.4 Å². The summed E-state index contributed by atoms with van der Waals surface area (Å²) in [5.74, 6) is -0.953. The Morgan fingerprint density at radius 1 is 1.17 bits per heavy atom. The molecule has 0 radical (unpaired) electrons. The quantitative estimate of drug-likeness (QED) is 0.571. The van der Waals surface area contributed by atoms with Gasteiger partial charge < -0.3 is 24.5 Å². The van der Waals surface area contributed by atoms with Crippen LogP contribution in [-0.4, -0.2) is 24.6 Å². The lowest BCUT2D eigenvalue weighted by Gasteiger charge is -2.31. The molecule has 1 aromatic heterocycles. The van der Waals surface area contributed by atoms with Crippen LogP contribution in [0.5, 0.6) is 5.75 Å². The molecule has 1 atom stereocenters. The van der Waals surface area contributed by atoms with Crippen LogP contribution in [0, 0.1) is 5.92 Å². The summed E-state index contributed by atoms with van der Waals surface area (Å²) >= 11 is 0. The Bertz CT molecular complexity index is 946. The number of nitrogens with one attached hydrogen (secondary N) is 2. The third kappa shape index (κ3) is 4.48. The molecular weight excluding hydrogens is 376 g/mol. The van der Waals surface area contributed by atoms with Crippen molar-refractivity contribution in [2.45, 2.75) is 26.8 Å². The van der Waals surface area contributed by atoms with E-state index in [1.165, 1.54) is 12.3 Å². The standard InChI is InChI=1S/C21H22N2O6/c1-4-27-20(25)16-17(12(2)3)22-21(26)23-18(16)13-7-5-8-14(11-13)29-19(24)15-9-6-10-28-15/h5-12,18H,4H2,1-3H3,(H2,22,23,26). The second-order valence-corrected chi connectivity index (χ2v) is 6.67. The van der Waals surface area contributed by atoms with E-state index < -0.39 is 24.0 Å². The zero-order valence-corrected chi connectivity index (χ0v) is 16.4. The van der Waals surface area contributed by atoms with E-state index in [2.05, 4.69) is 10.6 Å². The number of rotatable bonds is 6. The van der Waals surface area contributed by atoms with Gasteiger partial charge in [-0.05, 0) is 42.7 Å². The minimum Gasteiger partial charge on any atom is -0.463 e. The number of amides is 2. The lowest BCUT2D eigenvalue weighted by Crippen LogP contribution is -2.47. The molecule has 1 aromatic carbocycles. The molecule has 3 rings (SSSR count).